The minimum absolute atomic E-state index is 0.0613. The first kappa shape index (κ1) is 29.6. The largest absolute Gasteiger partial charge is 0.352 e. The number of anilines is 1. The maximum atomic E-state index is 14.0. The van der Waals surface area contributed by atoms with E-state index in [1.165, 1.54) is 17.0 Å². The van der Waals surface area contributed by atoms with Gasteiger partial charge in [0.15, 0.2) is 0 Å². The summed E-state index contributed by atoms with van der Waals surface area (Å²) >= 11 is 6.43. The number of carbonyl (C=O) groups excluding carboxylic acids is 2. The van der Waals surface area contributed by atoms with Crippen LogP contribution >= 0.6 is 11.6 Å². The molecule has 0 radical (unpaired) electrons. The summed E-state index contributed by atoms with van der Waals surface area (Å²) in [6.45, 7) is 3.27. The molecule has 0 aromatic heterocycles. The van der Waals surface area contributed by atoms with E-state index >= 15 is 0 Å². The van der Waals surface area contributed by atoms with Crippen molar-refractivity contribution < 1.29 is 18.0 Å². The Morgan fingerprint density at radius 3 is 2.20 bits per heavy atom. The van der Waals surface area contributed by atoms with Gasteiger partial charge in [-0.2, -0.15) is 0 Å². The molecule has 0 saturated heterocycles. The molecule has 3 aromatic rings. The normalized spacial score (nSPS) is 14.5. The molecule has 1 aliphatic carbocycles. The van der Waals surface area contributed by atoms with Crippen molar-refractivity contribution in [1.82, 2.24) is 10.2 Å². The summed E-state index contributed by atoms with van der Waals surface area (Å²) in [5, 5.41) is 3.54. The van der Waals surface area contributed by atoms with Gasteiger partial charge >= 0.3 is 0 Å². The molecule has 7 nitrogen and oxygen atoms in total. The highest BCUT2D eigenvalue weighted by Crippen LogP contribution is 2.26. The Morgan fingerprint density at radius 1 is 0.950 bits per heavy atom. The number of amides is 2. The van der Waals surface area contributed by atoms with Crippen molar-refractivity contribution in [2.45, 2.75) is 69.5 Å². The van der Waals surface area contributed by atoms with Crippen molar-refractivity contribution >= 4 is 39.1 Å². The van der Waals surface area contributed by atoms with E-state index in [-0.39, 0.29) is 23.4 Å². The molecule has 1 unspecified atom stereocenters. The molecule has 1 N–H and O–H groups in total. The fraction of sp³-hybridized carbons (Fsp3) is 0.355. The highest BCUT2D eigenvalue weighted by Gasteiger charge is 2.33. The number of sulfonamides is 1. The lowest BCUT2D eigenvalue weighted by Crippen LogP contribution is -2.52. The minimum atomic E-state index is -4.09. The Labute approximate surface area is 242 Å². The van der Waals surface area contributed by atoms with E-state index in [0.29, 0.717) is 16.3 Å². The van der Waals surface area contributed by atoms with Crippen LogP contribution in [0.2, 0.25) is 5.02 Å². The van der Waals surface area contributed by atoms with Crippen LogP contribution in [0.3, 0.4) is 0 Å². The van der Waals surface area contributed by atoms with Gasteiger partial charge in [0.25, 0.3) is 10.0 Å². The monoisotopic (exact) mass is 581 g/mol. The second kappa shape index (κ2) is 13.3. The van der Waals surface area contributed by atoms with E-state index < -0.39 is 28.5 Å². The second-order valence-electron chi connectivity index (χ2n) is 10.1. The third-order valence-electron chi connectivity index (χ3n) is 7.41. The summed E-state index contributed by atoms with van der Waals surface area (Å²) < 4.78 is 28.8. The maximum absolute atomic E-state index is 14.0. The summed E-state index contributed by atoms with van der Waals surface area (Å²) in [5.41, 5.74) is 2.09. The summed E-state index contributed by atoms with van der Waals surface area (Å²) in [7, 11) is -4.09. The molecule has 1 fully saturated rings. The fourth-order valence-corrected chi connectivity index (χ4v) is 6.56. The molecule has 3 aromatic carbocycles. The minimum Gasteiger partial charge on any atom is -0.352 e. The summed E-state index contributed by atoms with van der Waals surface area (Å²) in [4.78, 5) is 28.8. The standard InChI is InChI=1S/C31H36ClN3O4S/c1-3-24-17-19-27(20-18-24)35(40(38,39)28-14-5-4-6-15-28)22-30(36)34(21-25-11-7-10-16-29(25)32)23(2)31(37)33-26-12-8-9-13-26/h4-7,10-11,14-20,23,26H,3,8-9,12-13,21-22H2,1-2H3,(H,33,37). The zero-order valence-corrected chi connectivity index (χ0v) is 24.5. The average Bonchev–Trinajstić information content (AvgIpc) is 3.48. The molecule has 4 rings (SSSR count). The van der Waals surface area contributed by atoms with Gasteiger partial charge in [-0.05, 0) is 67.6 Å². The first-order chi connectivity index (χ1) is 19.2. The number of aryl methyl sites for hydroxylation is 1. The molecule has 1 aliphatic rings. The molecule has 0 bridgehead atoms. The van der Waals surface area contributed by atoms with Crippen LogP contribution in [0.5, 0.6) is 0 Å². The third kappa shape index (κ3) is 7.04. The number of hydrogen-bond donors (Lipinski definition) is 1. The van der Waals surface area contributed by atoms with Crippen molar-refractivity contribution in [2.75, 3.05) is 10.8 Å². The van der Waals surface area contributed by atoms with Gasteiger partial charge in [0, 0.05) is 17.6 Å². The van der Waals surface area contributed by atoms with Gasteiger partial charge < -0.3 is 10.2 Å². The van der Waals surface area contributed by atoms with Gasteiger partial charge in [0.1, 0.15) is 12.6 Å². The van der Waals surface area contributed by atoms with Gasteiger partial charge in [-0.25, -0.2) is 8.42 Å². The zero-order chi connectivity index (χ0) is 28.7. The van der Waals surface area contributed by atoms with Crippen LogP contribution < -0.4 is 9.62 Å². The molecule has 0 aliphatic heterocycles. The van der Waals surface area contributed by atoms with Crippen LogP contribution in [-0.2, 0) is 32.6 Å². The van der Waals surface area contributed by atoms with Gasteiger partial charge in [-0.15, -0.1) is 0 Å². The topological polar surface area (TPSA) is 86.8 Å². The van der Waals surface area contributed by atoms with Crippen molar-refractivity contribution in [3.8, 4) is 0 Å². The molecular weight excluding hydrogens is 546 g/mol. The Hall–Kier alpha value is -3.36. The lowest BCUT2D eigenvalue weighted by atomic mass is 10.1. The van der Waals surface area contributed by atoms with Crippen molar-refractivity contribution in [1.29, 1.82) is 0 Å². The first-order valence-electron chi connectivity index (χ1n) is 13.7. The zero-order valence-electron chi connectivity index (χ0n) is 22.9. The summed E-state index contributed by atoms with van der Waals surface area (Å²) in [5.74, 6) is -0.773. The Bertz CT molecular complexity index is 1410. The van der Waals surface area contributed by atoms with Crippen molar-refractivity contribution in [3.63, 3.8) is 0 Å². The number of hydrogen-bond acceptors (Lipinski definition) is 4. The van der Waals surface area contributed by atoms with E-state index in [4.69, 9.17) is 11.6 Å². The number of nitrogens with zero attached hydrogens (tertiary/aromatic N) is 2. The first-order valence-corrected chi connectivity index (χ1v) is 15.5. The predicted molar refractivity (Wildman–Crippen MR) is 159 cm³/mol. The number of halogens is 1. The smallest absolute Gasteiger partial charge is 0.264 e. The second-order valence-corrected chi connectivity index (χ2v) is 12.4. The lowest BCUT2D eigenvalue weighted by molar-refractivity contribution is -0.139. The van der Waals surface area contributed by atoms with E-state index in [1.54, 1.807) is 55.5 Å². The van der Waals surface area contributed by atoms with E-state index in [1.807, 2.05) is 25.1 Å². The van der Waals surface area contributed by atoms with E-state index in [2.05, 4.69) is 5.32 Å². The third-order valence-corrected chi connectivity index (χ3v) is 9.57. The Morgan fingerprint density at radius 2 is 1.57 bits per heavy atom. The Balaban J connectivity index is 1.68. The molecular formula is C31H36ClN3O4S. The predicted octanol–water partition coefficient (Wildman–Crippen LogP) is 5.57. The number of nitrogens with one attached hydrogen (secondary N) is 1. The SMILES string of the molecule is CCc1ccc(N(CC(=O)N(Cc2ccccc2Cl)C(C)C(=O)NC2CCCC2)S(=O)(=O)c2ccccc2)cc1. The highest BCUT2D eigenvalue weighted by atomic mass is 35.5. The molecule has 9 heteroatoms. The van der Waals surface area contributed by atoms with E-state index in [9.17, 15) is 18.0 Å². The number of rotatable bonds is 11. The van der Waals surface area contributed by atoms with Crippen LogP contribution in [0.25, 0.3) is 0 Å². The average molecular weight is 582 g/mol. The molecule has 0 heterocycles. The number of benzene rings is 3. The molecule has 1 atom stereocenters. The molecule has 2 amide bonds. The van der Waals surface area contributed by atoms with Crippen LogP contribution in [0, 0.1) is 0 Å². The van der Waals surface area contributed by atoms with Gasteiger partial charge in [-0.3, -0.25) is 13.9 Å². The van der Waals surface area contributed by atoms with Crippen molar-refractivity contribution in [3.05, 3.63) is 95.0 Å². The van der Waals surface area contributed by atoms with Crippen LogP contribution in [0.1, 0.15) is 50.7 Å². The van der Waals surface area contributed by atoms with Crippen LogP contribution in [-0.4, -0.2) is 43.8 Å². The van der Waals surface area contributed by atoms with Gasteiger partial charge in [-0.1, -0.05) is 79.9 Å². The summed E-state index contributed by atoms with van der Waals surface area (Å²) in [6.07, 6.45) is 4.74. The molecule has 40 heavy (non-hydrogen) atoms. The van der Waals surface area contributed by atoms with Gasteiger partial charge in [0.05, 0.1) is 10.6 Å². The molecule has 0 spiro atoms. The quantitative estimate of drug-likeness (QED) is 0.320. The molecule has 1 saturated carbocycles. The molecule has 212 valence electrons. The van der Waals surface area contributed by atoms with Crippen LogP contribution in [0.15, 0.2) is 83.8 Å². The van der Waals surface area contributed by atoms with E-state index in [0.717, 1.165) is 42.0 Å². The highest BCUT2D eigenvalue weighted by molar-refractivity contribution is 7.92. The summed E-state index contributed by atoms with van der Waals surface area (Å²) in [6, 6.07) is 21.5. The van der Waals surface area contributed by atoms with Crippen molar-refractivity contribution in [2.24, 2.45) is 0 Å². The van der Waals surface area contributed by atoms with Gasteiger partial charge in [0.2, 0.25) is 11.8 Å². The van der Waals surface area contributed by atoms with Crippen LogP contribution in [0.4, 0.5) is 5.69 Å². The lowest BCUT2D eigenvalue weighted by Gasteiger charge is -2.32. The number of carbonyl (C=O) groups is 2. The Kier molecular flexibility index (Phi) is 9.87. The fourth-order valence-electron chi connectivity index (χ4n) is 4.93. The maximum Gasteiger partial charge on any atom is 0.264 e.